The molecule has 3 rings (SSSR count). The van der Waals surface area contributed by atoms with E-state index in [1.807, 2.05) is 12.1 Å². The average Bonchev–Trinajstić information content (AvgIpc) is 3.29. The largest absolute Gasteiger partial charge is 0.490 e. The van der Waals surface area contributed by atoms with Crippen LogP contribution in [0.15, 0.2) is 54.6 Å². The SMILES string of the molecule is C=C(C)C(=O)OCCOc1ccc(-n2nc3ccc(C(=O)OCCCCCCCC)cc3n2)cc1. The lowest BCUT2D eigenvalue weighted by Crippen LogP contribution is -2.12. The van der Waals surface area contributed by atoms with Crippen LogP contribution in [0.5, 0.6) is 5.75 Å². The fourth-order valence-corrected chi connectivity index (χ4v) is 3.38. The van der Waals surface area contributed by atoms with E-state index in [4.69, 9.17) is 14.2 Å². The topological polar surface area (TPSA) is 92.5 Å². The number of carbonyl (C=O) groups is 2. The molecule has 0 bridgehead atoms. The molecule has 0 aliphatic carbocycles. The molecule has 0 saturated heterocycles. The number of aromatic nitrogens is 3. The van der Waals surface area contributed by atoms with Crippen molar-refractivity contribution in [2.75, 3.05) is 19.8 Å². The van der Waals surface area contributed by atoms with Gasteiger partial charge in [0.2, 0.25) is 0 Å². The maximum absolute atomic E-state index is 12.4. The molecule has 0 spiro atoms. The molecule has 1 aromatic heterocycles. The molecule has 2 aromatic carbocycles. The van der Waals surface area contributed by atoms with Gasteiger partial charge in [-0.2, -0.15) is 4.80 Å². The average molecular weight is 480 g/mol. The van der Waals surface area contributed by atoms with Crippen LogP contribution in [0.25, 0.3) is 16.7 Å². The van der Waals surface area contributed by atoms with Crippen molar-refractivity contribution < 1.29 is 23.8 Å². The molecule has 0 atom stereocenters. The number of hydrogen-bond acceptors (Lipinski definition) is 7. The molecule has 35 heavy (non-hydrogen) atoms. The number of ether oxygens (including phenoxy) is 3. The predicted octanol–water partition coefficient (Wildman–Crippen LogP) is 5.44. The summed E-state index contributed by atoms with van der Waals surface area (Å²) < 4.78 is 16.0. The Kier molecular flexibility index (Phi) is 9.83. The van der Waals surface area contributed by atoms with Crippen LogP contribution in [0.1, 0.15) is 62.7 Å². The molecule has 0 radical (unpaired) electrons. The van der Waals surface area contributed by atoms with Gasteiger partial charge in [-0.1, -0.05) is 45.6 Å². The van der Waals surface area contributed by atoms with E-state index in [0.717, 1.165) is 18.5 Å². The fourth-order valence-electron chi connectivity index (χ4n) is 3.38. The van der Waals surface area contributed by atoms with Crippen molar-refractivity contribution in [3.05, 3.63) is 60.2 Å². The number of benzene rings is 2. The number of rotatable bonds is 14. The number of carbonyl (C=O) groups excluding carboxylic acids is 2. The van der Waals surface area contributed by atoms with Crippen molar-refractivity contribution in [3.63, 3.8) is 0 Å². The molecular formula is C27H33N3O5. The van der Waals surface area contributed by atoms with E-state index in [2.05, 4.69) is 23.7 Å². The summed E-state index contributed by atoms with van der Waals surface area (Å²) in [6.07, 6.45) is 6.85. The number of nitrogens with zero attached hydrogens (tertiary/aromatic N) is 3. The van der Waals surface area contributed by atoms with Crippen molar-refractivity contribution in [2.24, 2.45) is 0 Å². The summed E-state index contributed by atoms with van der Waals surface area (Å²) in [6.45, 7) is 8.13. The van der Waals surface area contributed by atoms with E-state index in [9.17, 15) is 9.59 Å². The molecule has 0 saturated carbocycles. The van der Waals surface area contributed by atoms with Gasteiger partial charge in [0, 0.05) is 5.57 Å². The summed E-state index contributed by atoms with van der Waals surface area (Å²) in [4.78, 5) is 25.3. The Hall–Kier alpha value is -3.68. The van der Waals surface area contributed by atoms with Crippen molar-refractivity contribution >= 4 is 23.0 Å². The third-order valence-electron chi connectivity index (χ3n) is 5.35. The minimum atomic E-state index is -0.435. The molecule has 0 aliphatic rings. The molecule has 186 valence electrons. The van der Waals surface area contributed by atoms with Crippen LogP contribution in [0.3, 0.4) is 0 Å². The summed E-state index contributed by atoms with van der Waals surface area (Å²) in [5.41, 5.74) is 2.85. The van der Waals surface area contributed by atoms with Crippen LogP contribution in [0.2, 0.25) is 0 Å². The Morgan fingerprint density at radius 3 is 2.31 bits per heavy atom. The highest BCUT2D eigenvalue weighted by Crippen LogP contribution is 2.18. The monoisotopic (exact) mass is 479 g/mol. The van der Waals surface area contributed by atoms with Gasteiger partial charge < -0.3 is 14.2 Å². The molecule has 0 N–H and O–H groups in total. The van der Waals surface area contributed by atoms with Gasteiger partial charge in [-0.05, 0) is 55.8 Å². The third-order valence-corrected chi connectivity index (χ3v) is 5.35. The first-order chi connectivity index (χ1) is 17.0. The Labute approximate surface area is 205 Å². The molecule has 0 amide bonds. The molecule has 0 unspecified atom stereocenters. The quantitative estimate of drug-likeness (QED) is 0.173. The van der Waals surface area contributed by atoms with Gasteiger partial charge in [-0.15, -0.1) is 10.2 Å². The van der Waals surface area contributed by atoms with Crippen molar-refractivity contribution in [3.8, 4) is 11.4 Å². The van der Waals surface area contributed by atoms with Crippen LogP contribution in [0.4, 0.5) is 0 Å². The highest BCUT2D eigenvalue weighted by molar-refractivity contribution is 5.93. The number of hydrogen-bond donors (Lipinski definition) is 0. The number of esters is 2. The summed E-state index contributed by atoms with van der Waals surface area (Å²) in [5.74, 6) is -0.146. The van der Waals surface area contributed by atoms with Gasteiger partial charge in [0.25, 0.3) is 0 Å². The van der Waals surface area contributed by atoms with Crippen LogP contribution in [0, 0.1) is 0 Å². The summed E-state index contributed by atoms with van der Waals surface area (Å²) in [5, 5.41) is 8.98. The smallest absolute Gasteiger partial charge is 0.338 e. The second-order valence-corrected chi connectivity index (χ2v) is 8.36. The first-order valence-corrected chi connectivity index (χ1v) is 12.1. The van der Waals surface area contributed by atoms with E-state index in [-0.39, 0.29) is 19.2 Å². The van der Waals surface area contributed by atoms with Crippen molar-refractivity contribution in [1.29, 1.82) is 0 Å². The number of unbranched alkanes of at least 4 members (excludes halogenated alkanes) is 5. The second-order valence-electron chi connectivity index (χ2n) is 8.36. The summed E-state index contributed by atoms with van der Waals surface area (Å²) in [6, 6.07) is 12.4. The third kappa shape index (κ3) is 7.95. The van der Waals surface area contributed by atoms with E-state index in [1.165, 1.54) is 30.5 Å². The molecule has 0 fully saturated rings. The Morgan fingerprint density at radius 2 is 1.57 bits per heavy atom. The van der Waals surface area contributed by atoms with Crippen LogP contribution in [-0.2, 0) is 14.3 Å². The Morgan fingerprint density at radius 1 is 0.857 bits per heavy atom. The van der Waals surface area contributed by atoms with Gasteiger partial charge in [-0.25, -0.2) is 9.59 Å². The Balaban J connectivity index is 1.51. The maximum atomic E-state index is 12.4. The van der Waals surface area contributed by atoms with Gasteiger partial charge in [0.15, 0.2) is 0 Å². The van der Waals surface area contributed by atoms with E-state index in [1.54, 1.807) is 37.3 Å². The van der Waals surface area contributed by atoms with Crippen LogP contribution >= 0.6 is 0 Å². The van der Waals surface area contributed by atoms with Crippen molar-refractivity contribution in [1.82, 2.24) is 15.0 Å². The zero-order valence-electron chi connectivity index (χ0n) is 20.5. The summed E-state index contributed by atoms with van der Waals surface area (Å²) >= 11 is 0. The zero-order chi connectivity index (χ0) is 25.0. The van der Waals surface area contributed by atoms with E-state index in [0.29, 0.717) is 34.5 Å². The number of fused-ring (bicyclic) bond motifs is 1. The standard InChI is InChI=1S/C27H33N3O5/c1-4-5-6-7-8-9-16-34-27(32)21-10-15-24-25(19-21)29-30(28-24)22-11-13-23(14-12-22)33-17-18-35-26(31)20(2)3/h10-15,19H,2,4-9,16-18H2,1,3H3. The van der Waals surface area contributed by atoms with Gasteiger partial charge in [0.1, 0.15) is 30.0 Å². The molecule has 8 heteroatoms. The zero-order valence-corrected chi connectivity index (χ0v) is 20.5. The second kappa shape index (κ2) is 13.3. The maximum Gasteiger partial charge on any atom is 0.338 e. The van der Waals surface area contributed by atoms with E-state index >= 15 is 0 Å². The predicted molar refractivity (Wildman–Crippen MR) is 134 cm³/mol. The molecular weight excluding hydrogens is 446 g/mol. The highest BCUT2D eigenvalue weighted by Gasteiger charge is 2.12. The fraction of sp³-hybridized carbons (Fsp3) is 0.407. The summed E-state index contributed by atoms with van der Waals surface area (Å²) in [7, 11) is 0. The molecule has 1 heterocycles. The lowest BCUT2D eigenvalue weighted by Gasteiger charge is -2.08. The molecule has 3 aromatic rings. The van der Waals surface area contributed by atoms with Crippen LogP contribution in [-0.4, -0.2) is 46.8 Å². The van der Waals surface area contributed by atoms with E-state index < -0.39 is 5.97 Å². The van der Waals surface area contributed by atoms with Crippen molar-refractivity contribution in [2.45, 2.75) is 52.4 Å². The normalized spacial score (nSPS) is 10.8. The lowest BCUT2D eigenvalue weighted by atomic mass is 10.1. The first kappa shape index (κ1) is 25.9. The Bertz CT molecular complexity index is 1140. The lowest BCUT2D eigenvalue weighted by molar-refractivity contribution is -0.139. The highest BCUT2D eigenvalue weighted by atomic mass is 16.6. The van der Waals surface area contributed by atoms with Gasteiger partial charge in [-0.3, -0.25) is 0 Å². The van der Waals surface area contributed by atoms with Gasteiger partial charge >= 0.3 is 11.9 Å². The van der Waals surface area contributed by atoms with Crippen LogP contribution < -0.4 is 4.74 Å². The van der Waals surface area contributed by atoms with Gasteiger partial charge in [0.05, 0.1) is 17.9 Å². The molecule has 0 aliphatic heterocycles. The first-order valence-electron chi connectivity index (χ1n) is 12.1. The molecule has 8 nitrogen and oxygen atoms in total. The minimum Gasteiger partial charge on any atom is -0.490 e. The minimum absolute atomic E-state index is 0.142.